The fourth-order valence-corrected chi connectivity index (χ4v) is 2.13. The maximum Gasteiger partial charge on any atom is 0.247 e. The summed E-state index contributed by atoms with van der Waals surface area (Å²) in [6.45, 7) is 3.34. The molecule has 1 aromatic carbocycles. The topological polar surface area (TPSA) is 9.23 Å². The van der Waals surface area contributed by atoms with Crippen LogP contribution >= 0.6 is 0 Å². The number of hydrogen-bond donors (Lipinski definition) is 0. The molecule has 0 saturated carbocycles. The van der Waals surface area contributed by atoms with Crippen LogP contribution in [0, 0.1) is 23.3 Å². The lowest BCUT2D eigenvalue weighted by Gasteiger charge is -2.31. The molecule has 0 heterocycles. The molecule has 0 aromatic heterocycles. The highest BCUT2D eigenvalue weighted by molar-refractivity contribution is 5.98. The molecule has 0 bridgehead atoms. The van der Waals surface area contributed by atoms with Crippen molar-refractivity contribution in [3.63, 3.8) is 0 Å². The minimum atomic E-state index is -1.82. The van der Waals surface area contributed by atoms with Crippen LogP contribution in [-0.4, -0.2) is 10.5 Å². The van der Waals surface area contributed by atoms with E-state index in [1.165, 1.54) is 0 Å². The molecule has 0 atom stereocenters. The summed E-state index contributed by atoms with van der Waals surface area (Å²) in [5, 5.41) is 0. The van der Waals surface area contributed by atoms with E-state index in [-0.39, 0.29) is 18.4 Å². The highest BCUT2D eigenvalue weighted by atomic mass is 28.2. The summed E-state index contributed by atoms with van der Waals surface area (Å²) in [5.74, 6) is -6.50. The Morgan fingerprint density at radius 2 is 1.59 bits per heavy atom. The van der Waals surface area contributed by atoms with Crippen molar-refractivity contribution in [3.05, 3.63) is 34.9 Å². The number of benzene rings is 1. The van der Waals surface area contributed by atoms with E-state index < -0.39 is 28.9 Å². The first-order valence-electron chi connectivity index (χ1n) is 5.11. The van der Waals surface area contributed by atoms with Crippen LogP contribution in [0.4, 0.5) is 17.6 Å². The van der Waals surface area contributed by atoms with E-state index in [1.807, 2.05) is 0 Å². The molecule has 93 valence electrons. The van der Waals surface area contributed by atoms with Gasteiger partial charge >= 0.3 is 0 Å². The Hall–Kier alpha value is -0.883. The van der Waals surface area contributed by atoms with Crippen LogP contribution in [0.1, 0.15) is 32.3 Å². The van der Waals surface area contributed by atoms with Gasteiger partial charge in [0.25, 0.3) is 0 Å². The van der Waals surface area contributed by atoms with E-state index in [4.69, 9.17) is 4.43 Å². The fourth-order valence-electron chi connectivity index (χ4n) is 1.73. The van der Waals surface area contributed by atoms with Crippen molar-refractivity contribution in [2.24, 2.45) is 0 Å². The van der Waals surface area contributed by atoms with Gasteiger partial charge in [0.15, 0.2) is 23.3 Å². The van der Waals surface area contributed by atoms with E-state index >= 15 is 0 Å². The van der Waals surface area contributed by atoms with Crippen molar-refractivity contribution in [1.29, 1.82) is 0 Å². The van der Waals surface area contributed by atoms with Crippen LogP contribution in [-0.2, 0) is 10.0 Å². The predicted octanol–water partition coefficient (Wildman–Crippen LogP) is 3.36. The highest BCUT2D eigenvalue weighted by Gasteiger charge is 2.34. The van der Waals surface area contributed by atoms with Crippen molar-refractivity contribution in [1.82, 2.24) is 0 Å². The molecule has 0 aliphatic heterocycles. The van der Waals surface area contributed by atoms with Crippen LogP contribution in [0.5, 0.6) is 0 Å². The monoisotopic (exact) mass is 263 g/mol. The lowest BCUT2D eigenvalue weighted by atomic mass is 9.88. The van der Waals surface area contributed by atoms with E-state index in [9.17, 15) is 17.6 Å². The maximum atomic E-state index is 13.6. The third kappa shape index (κ3) is 2.23. The van der Waals surface area contributed by atoms with Gasteiger partial charge in [-0.05, 0) is 18.9 Å². The molecule has 1 rings (SSSR count). The molecule has 0 spiro atoms. The smallest absolute Gasteiger partial charge is 0.247 e. The van der Waals surface area contributed by atoms with Crippen LogP contribution in [0.15, 0.2) is 6.07 Å². The summed E-state index contributed by atoms with van der Waals surface area (Å²) in [6.07, 6.45) is 0.545. The zero-order valence-electron chi connectivity index (χ0n) is 9.41. The lowest BCUT2D eigenvalue weighted by Crippen LogP contribution is -2.29. The summed E-state index contributed by atoms with van der Waals surface area (Å²) in [6, 6.07) is 0.626. The summed E-state index contributed by atoms with van der Waals surface area (Å²) in [5.41, 5.74) is -1.56. The summed E-state index contributed by atoms with van der Waals surface area (Å²) in [7, 11) is 2.78. The largest absolute Gasteiger partial charge is 0.409 e. The lowest BCUT2D eigenvalue weighted by molar-refractivity contribution is 0.0628. The van der Waals surface area contributed by atoms with Crippen molar-refractivity contribution < 1.29 is 22.0 Å². The van der Waals surface area contributed by atoms with E-state index in [0.29, 0.717) is 6.07 Å². The molecule has 1 aromatic rings. The Bertz CT molecular complexity index is 410. The van der Waals surface area contributed by atoms with Gasteiger partial charge in [0, 0.05) is 5.56 Å². The van der Waals surface area contributed by atoms with Gasteiger partial charge in [0.1, 0.15) is 0 Å². The normalized spacial score (nSPS) is 11.9. The van der Waals surface area contributed by atoms with E-state index in [0.717, 1.165) is 0 Å². The molecule has 0 aliphatic carbocycles. The van der Waals surface area contributed by atoms with Crippen LogP contribution in [0.3, 0.4) is 0 Å². The molecule has 0 aliphatic rings. The number of halogens is 4. The molecule has 0 unspecified atom stereocenters. The quantitative estimate of drug-likeness (QED) is 0.350. The van der Waals surface area contributed by atoms with Crippen LogP contribution < -0.4 is 0 Å². The minimum absolute atomic E-state index is 0.272. The summed E-state index contributed by atoms with van der Waals surface area (Å²) >= 11 is 0. The maximum absolute atomic E-state index is 13.6. The van der Waals surface area contributed by atoms with Gasteiger partial charge < -0.3 is 4.43 Å². The van der Waals surface area contributed by atoms with Gasteiger partial charge in [-0.15, -0.1) is 0 Å². The fraction of sp³-hybridized carbons (Fsp3) is 0.455. The standard InChI is InChI=1S/C11H11F4OSi/c1-3-11(4-2,16-17)6-5-7(12)9(14)10(15)8(6)13/h5H,3-4H2,1-2H3. The van der Waals surface area contributed by atoms with Crippen LogP contribution in [0.2, 0.25) is 0 Å². The minimum Gasteiger partial charge on any atom is -0.409 e. The second-order valence-electron chi connectivity index (χ2n) is 3.65. The number of hydrogen-bond acceptors (Lipinski definition) is 1. The third-order valence-corrected chi connectivity index (χ3v) is 3.32. The summed E-state index contributed by atoms with van der Waals surface area (Å²) < 4.78 is 57.6. The molecular weight excluding hydrogens is 252 g/mol. The van der Waals surface area contributed by atoms with Gasteiger partial charge in [-0.3, -0.25) is 0 Å². The molecule has 3 radical (unpaired) electrons. The molecule has 0 saturated heterocycles. The average molecular weight is 263 g/mol. The number of rotatable bonds is 4. The Labute approximate surface area is 100 Å². The zero-order chi connectivity index (χ0) is 13.2. The van der Waals surface area contributed by atoms with Gasteiger partial charge in [0.05, 0.1) is 5.60 Å². The van der Waals surface area contributed by atoms with Crippen molar-refractivity contribution in [3.8, 4) is 0 Å². The Morgan fingerprint density at radius 3 is 2.00 bits per heavy atom. The molecule has 17 heavy (non-hydrogen) atoms. The molecule has 0 fully saturated rings. The van der Waals surface area contributed by atoms with Gasteiger partial charge in [0.2, 0.25) is 10.5 Å². The highest BCUT2D eigenvalue weighted by Crippen LogP contribution is 2.35. The van der Waals surface area contributed by atoms with Crippen molar-refractivity contribution in [2.45, 2.75) is 32.3 Å². The molecule has 1 nitrogen and oxygen atoms in total. The Kier molecular flexibility index (Phi) is 4.32. The SMILES string of the molecule is CCC(CC)(O[Si])c1cc(F)c(F)c(F)c1F. The molecular formula is C11H11F4OSi. The Morgan fingerprint density at radius 1 is 1.06 bits per heavy atom. The van der Waals surface area contributed by atoms with E-state index in [2.05, 4.69) is 10.5 Å². The average Bonchev–Trinajstić information content (AvgIpc) is 2.35. The van der Waals surface area contributed by atoms with Gasteiger partial charge in [-0.1, -0.05) is 13.8 Å². The van der Waals surface area contributed by atoms with Gasteiger partial charge in [-0.25, -0.2) is 17.6 Å². The van der Waals surface area contributed by atoms with Crippen molar-refractivity contribution >= 4 is 10.5 Å². The first kappa shape index (κ1) is 14.2. The van der Waals surface area contributed by atoms with Crippen molar-refractivity contribution in [2.75, 3.05) is 0 Å². The zero-order valence-corrected chi connectivity index (χ0v) is 10.4. The second kappa shape index (κ2) is 5.18. The molecule has 6 heteroatoms. The molecule has 0 amide bonds. The first-order valence-corrected chi connectivity index (χ1v) is 5.52. The summed E-state index contributed by atoms with van der Waals surface area (Å²) in [4.78, 5) is 0. The Balaban J connectivity index is 3.50. The van der Waals surface area contributed by atoms with Crippen LogP contribution in [0.25, 0.3) is 0 Å². The second-order valence-corrected chi connectivity index (χ2v) is 3.86. The van der Waals surface area contributed by atoms with Gasteiger partial charge in [-0.2, -0.15) is 0 Å². The van der Waals surface area contributed by atoms with E-state index in [1.54, 1.807) is 13.8 Å². The predicted molar refractivity (Wildman–Crippen MR) is 55.4 cm³/mol. The first-order chi connectivity index (χ1) is 7.93. The third-order valence-electron chi connectivity index (χ3n) is 2.93. The molecule has 0 N–H and O–H groups in total.